The van der Waals surface area contributed by atoms with Crippen LogP contribution >= 0.6 is 11.8 Å². The number of carbonyl (C=O) groups is 4. The molecule has 7 rings (SSSR count). The highest BCUT2D eigenvalue weighted by molar-refractivity contribution is 8.02. The van der Waals surface area contributed by atoms with Gasteiger partial charge in [0.2, 0.25) is 16.7 Å². The van der Waals surface area contributed by atoms with Crippen LogP contribution in [0.15, 0.2) is 126 Å². The Morgan fingerprint density at radius 3 is 2.08 bits per heavy atom. The van der Waals surface area contributed by atoms with E-state index in [0.717, 1.165) is 22.3 Å². The third kappa shape index (κ3) is 6.29. The average Bonchev–Trinajstić information content (AvgIpc) is 3.64. The zero-order valence-electron chi connectivity index (χ0n) is 26.8. The standard InChI is InChI=1S/C38H35N5O5S/c1-26-24-42(39-23-28-16-8-3-9-17-28)37(47)43(26)38(36(46)48-33(29-18-10-4-11-19-29)30-20-12-5-13-21-30)25-41-34(45)32(35(41)49-38)40-31(44)22-27-14-6-2-7-15-27/h2-21,23,26,32-33,35H,22,24-25H2,1H3,(H,40,44)/b39-23+/t26-,32-,35-,38-/m1/s1. The number of nitrogens with one attached hydrogen (secondary N) is 1. The fourth-order valence-electron chi connectivity index (χ4n) is 6.56. The van der Waals surface area contributed by atoms with Gasteiger partial charge in [0, 0.05) is 0 Å². The number of hydrogen-bond donors (Lipinski definition) is 1. The summed E-state index contributed by atoms with van der Waals surface area (Å²) in [4.78, 5) is 56.9. The molecule has 0 bridgehead atoms. The summed E-state index contributed by atoms with van der Waals surface area (Å²) < 4.78 is 6.40. The number of ether oxygens (including phenoxy) is 1. The maximum atomic E-state index is 14.8. The Kier molecular flexibility index (Phi) is 8.92. The summed E-state index contributed by atoms with van der Waals surface area (Å²) in [5.74, 6) is -1.26. The summed E-state index contributed by atoms with van der Waals surface area (Å²) in [6.07, 6.45) is 0.954. The first-order chi connectivity index (χ1) is 23.8. The van der Waals surface area contributed by atoms with E-state index in [4.69, 9.17) is 4.74 Å². The predicted molar refractivity (Wildman–Crippen MR) is 186 cm³/mol. The van der Waals surface area contributed by atoms with Gasteiger partial charge in [-0.15, -0.1) is 0 Å². The number of esters is 1. The maximum absolute atomic E-state index is 14.8. The second kappa shape index (κ2) is 13.6. The van der Waals surface area contributed by atoms with Crippen molar-refractivity contribution in [3.8, 4) is 0 Å². The number of hydrogen-bond acceptors (Lipinski definition) is 7. The molecule has 248 valence electrons. The zero-order valence-corrected chi connectivity index (χ0v) is 27.6. The highest BCUT2D eigenvalue weighted by Crippen LogP contribution is 2.51. The molecule has 4 atom stereocenters. The topological polar surface area (TPSA) is 112 Å². The van der Waals surface area contributed by atoms with Gasteiger partial charge in [-0.3, -0.25) is 14.5 Å². The molecule has 3 aliphatic heterocycles. The Hall–Kier alpha value is -5.42. The van der Waals surface area contributed by atoms with E-state index in [1.165, 1.54) is 21.7 Å². The van der Waals surface area contributed by atoms with E-state index >= 15 is 0 Å². The lowest BCUT2D eigenvalue weighted by Gasteiger charge is -2.41. The zero-order chi connectivity index (χ0) is 34.0. The van der Waals surface area contributed by atoms with Crippen LogP contribution in [-0.2, 0) is 25.5 Å². The number of benzene rings is 4. The lowest BCUT2D eigenvalue weighted by Crippen LogP contribution is -2.67. The minimum atomic E-state index is -1.60. The second-order valence-corrected chi connectivity index (χ2v) is 13.7. The second-order valence-electron chi connectivity index (χ2n) is 12.3. The van der Waals surface area contributed by atoms with Crippen LogP contribution in [0.1, 0.15) is 35.3 Å². The molecule has 11 heteroatoms. The lowest BCUT2D eigenvalue weighted by atomic mass is 10.0. The number of carbonyl (C=O) groups excluding carboxylic acids is 4. The van der Waals surface area contributed by atoms with Crippen LogP contribution in [0, 0.1) is 0 Å². The van der Waals surface area contributed by atoms with Crippen molar-refractivity contribution >= 4 is 41.8 Å². The Labute approximate surface area is 288 Å². The van der Waals surface area contributed by atoms with E-state index in [9.17, 15) is 19.2 Å². The number of fused-ring (bicyclic) bond motifs is 1. The van der Waals surface area contributed by atoms with Crippen molar-refractivity contribution in [1.82, 2.24) is 20.1 Å². The van der Waals surface area contributed by atoms with Crippen LogP contribution in [0.3, 0.4) is 0 Å². The third-order valence-electron chi connectivity index (χ3n) is 8.95. The molecular weight excluding hydrogens is 639 g/mol. The van der Waals surface area contributed by atoms with Gasteiger partial charge < -0.3 is 15.0 Å². The molecule has 4 amide bonds. The molecule has 0 saturated carbocycles. The Morgan fingerprint density at radius 1 is 0.898 bits per heavy atom. The SMILES string of the molecule is C[C@@H]1CN(/N=C/c2ccccc2)C(=O)N1[C@]1(C(=O)OC(c2ccccc2)c2ccccc2)CN2C(=O)[C@@H](NC(=O)Cc3ccccc3)[C@H]2S1. The van der Waals surface area contributed by atoms with E-state index in [2.05, 4.69) is 10.4 Å². The molecule has 1 N–H and O–H groups in total. The molecule has 3 heterocycles. The van der Waals surface area contributed by atoms with Gasteiger partial charge in [-0.1, -0.05) is 133 Å². The lowest BCUT2D eigenvalue weighted by molar-refractivity contribution is -0.158. The Balaban J connectivity index is 1.20. The van der Waals surface area contributed by atoms with Crippen molar-refractivity contribution in [1.29, 1.82) is 0 Å². The summed E-state index contributed by atoms with van der Waals surface area (Å²) in [6.45, 7) is 2.00. The summed E-state index contributed by atoms with van der Waals surface area (Å²) in [7, 11) is 0. The first-order valence-corrected chi connectivity index (χ1v) is 17.0. The smallest absolute Gasteiger partial charge is 0.345 e. The minimum absolute atomic E-state index is 0.0896. The largest absolute Gasteiger partial charge is 0.450 e. The number of hydrazone groups is 1. The molecule has 3 aliphatic rings. The van der Waals surface area contributed by atoms with E-state index in [1.54, 1.807) is 11.1 Å². The highest BCUT2D eigenvalue weighted by atomic mass is 32.2. The monoisotopic (exact) mass is 673 g/mol. The Morgan fingerprint density at radius 2 is 1.47 bits per heavy atom. The van der Waals surface area contributed by atoms with E-state index in [-0.39, 0.29) is 31.3 Å². The van der Waals surface area contributed by atoms with Crippen LogP contribution in [0.4, 0.5) is 4.79 Å². The number of rotatable bonds is 10. The van der Waals surface area contributed by atoms with Gasteiger partial charge in [0.25, 0.3) is 0 Å². The maximum Gasteiger partial charge on any atom is 0.345 e. The molecule has 10 nitrogen and oxygen atoms in total. The molecule has 3 fully saturated rings. The molecule has 49 heavy (non-hydrogen) atoms. The quantitative estimate of drug-likeness (QED) is 0.147. The number of thioether (sulfide) groups is 1. The van der Waals surface area contributed by atoms with Crippen molar-refractivity contribution in [3.63, 3.8) is 0 Å². The van der Waals surface area contributed by atoms with Gasteiger partial charge in [-0.25, -0.2) is 14.6 Å². The van der Waals surface area contributed by atoms with Gasteiger partial charge >= 0.3 is 12.0 Å². The van der Waals surface area contributed by atoms with Crippen molar-refractivity contribution in [2.45, 2.75) is 41.8 Å². The van der Waals surface area contributed by atoms with Crippen LogP contribution in [0.25, 0.3) is 0 Å². The molecule has 0 unspecified atom stereocenters. The molecule has 0 aromatic heterocycles. The first-order valence-electron chi connectivity index (χ1n) is 16.2. The van der Waals surface area contributed by atoms with Crippen LogP contribution in [0.5, 0.6) is 0 Å². The summed E-state index contributed by atoms with van der Waals surface area (Å²) in [5, 5.41) is 8.12. The fourth-order valence-corrected chi connectivity index (χ4v) is 8.32. The van der Waals surface area contributed by atoms with Crippen molar-refractivity contribution in [3.05, 3.63) is 144 Å². The highest BCUT2D eigenvalue weighted by Gasteiger charge is 2.68. The van der Waals surface area contributed by atoms with Crippen molar-refractivity contribution in [2.24, 2.45) is 5.10 Å². The fraction of sp³-hybridized carbons (Fsp3) is 0.237. The number of β-lactam (4-membered cyclic amide) rings is 1. The van der Waals surface area contributed by atoms with Gasteiger partial charge in [0.1, 0.15) is 11.4 Å². The molecule has 3 saturated heterocycles. The normalized spacial score (nSPS) is 23.1. The minimum Gasteiger partial charge on any atom is -0.450 e. The first kappa shape index (κ1) is 32.1. The number of nitrogens with zero attached hydrogens (tertiary/aromatic N) is 4. The third-order valence-corrected chi connectivity index (χ3v) is 10.6. The van der Waals surface area contributed by atoms with Crippen molar-refractivity contribution in [2.75, 3.05) is 13.1 Å². The Bertz CT molecular complexity index is 1820. The van der Waals surface area contributed by atoms with E-state index in [0.29, 0.717) is 0 Å². The molecule has 0 spiro atoms. The number of urea groups is 1. The summed E-state index contributed by atoms with van der Waals surface area (Å²) >= 11 is 1.17. The number of amides is 4. The predicted octanol–water partition coefficient (Wildman–Crippen LogP) is 4.82. The van der Waals surface area contributed by atoms with Crippen molar-refractivity contribution < 1.29 is 23.9 Å². The summed E-state index contributed by atoms with van der Waals surface area (Å²) in [5.41, 5.74) is 3.17. The average molecular weight is 674 g/mol. The molecule has 4 aromatic rings. The molecule has 0 aliphatic carbocycles. The van der Waals surface area contributed by atoms with Gasteiger partial charge in [0.05, 0.1) is 31.8 Å². The molecular formula is C38H35N5O5S. The van der Waals surface area contributed by atoms with Gasteiger partial charge in [-0.05, 0) is 29.2 Å². The molecule has 0 radical (unpaired) electrons. The van der Waals surface area contributed by atoms with E-state index < -0.39 is 40.4 Å². The van der Waals surface area contributed by atoms with Crippen LogP contribution in [-0.4, -0.2) is 80.3 Å². The van der Waals surface area contributed by atoms with Crippen LogP contribution < -0.4 is 5.32 Å². The van der Waals surface area contributed by atoms with E-state index in [1.807, 2.05) is 128 Å². The van der Waals surface area contributed by atoms with Crippen LogP contribution in [0.2, 0.25) is 0 Å². The summed E-state index contributed by atoms with van der Waals surface area (Å²) in [6, 6.07) is 35.8. The molecule has 4 aromatic carbocycles. The van der Waals surface area contributed by atoms with Gasteiger partial charge in [-0.2, -0.15) is 5.10 Å². The van der Waals surface area contributed by atoms with Gasteiger partial charge in [0.15, 0.2) is 6.10 Å².